The number of esters is 1. The number of aliphatic hydroxyl groups is 1. The zero-order valence-electron chi connectivity index (χ0n) is 18.6. The molecule has 178 valence electrons. The summed E-state index contributed by atoms with van der Waals surface area (Å²) in [6, 6.07) is 0. The number of carbonyl (C=O) groups excluding carboxylic acids is 1. The number of allylic oxidation sites excluding steroid dienone is 1. The van der Waals surface area contributed by atoms with E-state index < -0.39 is 10.4 Å². The van der Waals surface area contributed by atoms with Crippen LogP contribution in [0.15, 0.2) is 12.2 Å². The van der Waals surface area contributed by atoms with Crippen LogP contribution in [0.2, 0.25) is 0 Å². The standard InChI is InChI=1S/C22H42O7S/c1-2-3-19-28-22(24)18-14-9-7-5-4-6-8-12-16-21(23)17-13-10-11-15-20-29-30(25,26)27/h8,12,21,23H,2-7,9-11,13-20H2,1H3,(H,25,26,27). The van der Waals surface area contributed by atoms with E-state index in [9.17, 15) is 18.3 Å². The first-order chi connectivity index (χ1) is 14.3. The summed E-state index contributed by atoms with van der Waals surface area (Å²) in [7, 11) is -4.33. The van der Waals surface area contributed by atoms with Crippen molar-refractivity contribution in [1.29, 1.82) is 0 Å². The molecule has 1 unspecified atom stereocenters. The quantitative estimate of drug-likeness (QED) is 0.108. The van der Waals surface area contributed by atoms with Gasteiger partial charge in [-0.3, -0.25) is 9.35 Å². The smallest absolute Gasteiger partial charge is 0.397 e. The summed E-state index contributed by atoms with van der Waals surface area (Å²) in [5.41, 5.74) is 0. The van der Waals surface area contributed by atoms with Crippen molar-refractivity contribution >= 4 is 16.4 Å². The van der Waals surface area contributed by atoms with Gasteiger partial charge in [0.25, 0.3) is 0 Å². The molecule has 2 N–H and O–H groups in total. The van der Waals surface area contributed by atoms with Crippen molar-refractivity contribution in [2.24, 2.45) is 0 Å². The molecule has 0 saturated heterocycles. The van der Waals surface area contributed by atoms with Crippen LogP contribution in [-0.4, -0.2) is 43.4 Å². The summed E-state index contributed by atoms with van der Waals surface area (Å²) in [5.74, 6) is -0.0730. The Morgan fingerprint density at radius 2 is 1.57 bits per heavy atom. The van der Waals surface area contributed by atoms with Gasteiger partial charge in [-0.15, -0.1) is 0 Å². The topological polar surface area (TPSA) is 110 Å². The van der Waals surface area contributed by atoms with Crippen molar-refractivity contribution in [3.63, 3.8) is 0 Å². The first-order valence-corrected chi connectivity index (χ1v) is 12.8. The molecule has 0 aromatic rings. The lowest BCUT2D eigenvalue weighted by Crippen LogP contribution is -2.05. The lowest BCUT2D eigenvalue weighted by atomic mass is 10.1. The molecule has 0 spiro atoms. The Kier molecular flexibility index (Phi) is 19.3. The van der Waals surface area contributed by atoms with Crippen LogP contribution in [-0.2, 0) is 24.1 Å². The van der Waals surface area contributed by atoms with E-state index in [-0.39, 0.29) is 18.7 Å². The van der Waals surface area contributed by atoms with E-state index in [1.807, 2.05) is 6.08 Å². The first kappa shape index (κ1) is 29.0. The third-order valence-electron chi connectivity index (χ3n) is 4.75. The second-order valence-corrected chi connectivity index (χ2v) is 8.79. The van der Waals surface area contributed by atoms with Gasteiger partial charge < -0.3 is 9.84 Å². The van der Waals surface area contributed by atoms with Gasteiger partial charge >= 0.3 is 16.4 Å². The number of hydrogen-bond donors (Lipinski definition) is 2. The minimum absolute atomic E-state index is 0.00425. The molecule has 0 heterocycles. The zero-order valence-corrected chi connectivity index (χ0v) is 19.4. The fourth-order valence-corrected chi connectivity index (χ4v) is 3.28. The predicted molar refractivity (Wildman–Crippen MR) is 119 cm³/mol. The van der Waals surface area contributed by atoms with Gasteiger partial charge in [0.15, 0.2) is 0 Å². The van der Waals surface area contributed by atoms with Crippen molar-refractivity contribution < 1.29 is 31.8 Å². The maximum absolute atomic E-state index is 11.5. The molecular formula is C22H42O7S. The van der Waals surface area contributed by atoms with Gasteiger partial charge in [-0.1, -0.05) is 64.0 Å². The molecule has 0 saturated carbocycles. The highest BCUT2D eigenvalue weighted by Gasteiger charge is 2.04. The number of unbranched alkanes of at least 4 members (excludes halogenated alkanes) is 9. The van der Waals surface area contributed by atoms with Crippen LogP contribution in [0.3, 0.4) is 0 Å². The largest absolute Gasteiger partial charge is 0.466 e. The molecule has 30 heavy (non-hydrogen) atoms. The molecule has 0 fully saturated rings. The summed E-state index contributed by atoms with van der Waals surface area (Å²) in [6.07, 6.45) is 17.3. The average molecular weight is 451 g/mol. The van der Waals surface area contributed by atoms with Crippen LogP contribution >= 0.6 is 0 Å². The predicted octanol–water partition coefficient (Wildman–Crippen LogP) is 5.14. The normalized spacial score (nSPS) is 13.0. The van der Waals surface area contributed by atoms with Crippen molar-refractivity contribution in [1.82, 2.24) is 0 Å². The van der Waals surface area contributed by atoms with Crippen LogP contribution < -0.4 is 0 Å². The number of hydrogen-bond acceptors (Lipinski definition) is 6. The molecule has 0 aliphatic carbocycles. The van der Waals surface area contributed by atoms with Gasteiger partial charge in [-0.25, -0.2) is 4.18 Å². The summed E-state index contributed by atoms with van der Waals surface area (Å²) < 4.78 is 38.5. The molecule has 0 radical (unpaired) electrons. The van der Waals surface area contributed by atoms with Crippen molar-refractivity contribution in [3.8, 4) is 0 Å². The second-order valence-electron chi connectivity index (χ2n) is 7.69. The zero-order chi connectivity index (χ0) is 22.5. The fourth-order valence-electron chi connectivity index (χ4n) is 2.95. The Morgan fingerprint density at radius 3 is 2.30 bits per heavy atom. The Labute approximate surface area is 183 Å². The minimum Gasteiger partial charge on any atom is -0.466 e. The maximum Gasteiger partial charge on any atom is 0.397 e. The molecule has 0 aromatic carbocycles. The van der Waals surface area contributed by atoms with E-state index in [1.54, 1.807) is 0 Å². The first-order valence-electron chi connectivity index (χ1n) is 11.5. The van der Waals surface area contributed by atoms with Crippen molar-refractivity contribution in [3.05, 3.63) is 12.2 Å². The average Bonchev–Trinajstić information content (AvgIpc) is 2.68. The molecule has 1 atom stereocenters. The van der Waals surface area contributed by atoms with Gasteiger partial charge in [0.1, 0.15) is 0 Å². The van der Waals surface area contributed by atoms with Gasteiger partial charge in [0, 0.05) is 6.42 Å². The Balaban J connectivity index is 3.38. The molecule has 8 heteroatoms. The third-order valence-corrected chi connectivity index (χ3v) is 5.22. The van der Waals surface area contributed by atoms with E-state index in [2.05, 4.69) is 17.2 Å². The summed E-state index contributed by atoms with van der Waals surface area (Å²) in [4.78, 5) is 11.5. The van der Waals surface area contributed by atoms with Crippen LogP contribution in [0.25, 0.3) is 0 Å². The summed E-state index contributed by atoms with van der Waals surface area (Å²) in [5, 5.41) is 9.95. The number of rotatable bonds is 21. The maximum atomic E-state index is 11.5. The molecule has 0 aliphatic heterocycles. The van der Waals surface area contributed by atoms with Crippen LogP contribution in [0.4, 0.5) is 0 Å². The number of ether oxygens (including phenoxy) is 1. The van der Waals surface area contributed by atoms with E-state index in [1.165, 1.54) is 0 Å². The summed E-state index contributed by atoms with van der Waals surface area (Å²) >= 11 is 0. The van der Waals surface area contributed by atoms with E-state index in [0.29, 0.717) is 25.9 Å². The SMILES string of the molecule is CCCCOC(=O)CCCCCCCC=CCC(O)CCCCCCOS(=O)(=O)O. The number of carbonyl (C=O) groups is 1. The Hall–Kier alpha value is -0.960. The summed E-state index contributed by atoms with van der Waals surface area (Å²) in [6.45, 7) is 2.62. The molecule has 7 nitrogen and oxygen atoms in total. The van der Waals surface area contributed by atoms with Gasteiger partial charge in [-0.05, 0) is 44.9 Å². The highest BCUT2D eigenvalue weighted by Crippen LogP contribution is 2.11. The van der Waals surface area contributed by atoms with Crippen LogP contribution in [0.1, 0.15) is 103 Å². The van der Waals surface area contributed by atoms with Gasteiger partial charge in [0.2, 0.25) is 0 Å². The highest BCUT2D eigenvalue weighted by atomic mass is 32.3. The van der Waals surface area contributed by atoms with E-state index >= 15 is 0 Å². The van der Waals surface area contributed by atoms with Crippen LogP contribution in [0.5, 0.6) is 0 Å². The second kappa shape index (κ2) is 20.0. The molecule has 0 aliphatic rings. The molecule has 0 aromatic heterocycles. The molecule has 0 amide bonds. The van der Waals surface area contributed by atoms with Crippen molar-refractivity contribution in [2.75, 3.05) is 13.2 Å². The minimum atomic E-state index is -4.33. The van der Waals surface area contributed by atoms with Gasteiger partial charge in [0.05, 0.1) is 19.3 Å². The third kappa shape index (κ3) is 23.3. The fraction of sp³-hybridized carbons (Fsp3) is 0.864. The monoisotopic (exact) mass is 450 g/mol. The van der Waals surface area contributed by atoms with Crippen LogP contribution in [0, 0.1) is 0 Å². The Morgan fingerprint density at radius 1 is 0.900 bits per heavy atom. The molecular weight excluding hydrogens is 408 g/mol. The van der Waals surface area contributed by atoms with Gasteiger partial charge in [-0.2, -0.15) is 8.42 Å². The van der Waals surface area contributed by atoms with E-state index in [4.69, 9.17) is 9.29 Å². The molecule has 0 bridgehead atoms. The van der Waals surface area contributed by atoms with Crippen molar-refractivity contribution in [2.45, 2.75) is 109 Å². The van der Waals surface area contributed by atoms with E-state index in [0.717, 1.165) is 77.0 Å². The lowest BCUT2D eigenvalue weighted by Gasteiger charge is -2.07. The highest BCUT2D eigenvalue weighted by molar-refractivity contribution is 7.80. The molecule has 0 rings (SSSR count). The number of aliphatic hydroxyl groups excluding tert-OH is 1. The Bertz CT molecular complexity index is 532. The lowest BCUT2D eigenvalue weighted by molar-refractivity contribution is -0.143.